The molecular weight excluding hydrogens is 128 g/mol. The molecule has 0 spiro atoms. The molecular formula is C8H16O2. The van der Waals surface area contributed by atoms with E-state index in [0.29, 0.717) is 0 Å². The van der Waals surface area contributed by atoms with E-state index in [0.717, 1.165) is 25.7 Å². The Morgan fingerprint density at radius 2 is 2.10 bits per heavy atom. The maximum atomic E-state index is 5.24. The van der Waals surface area contributed by atoms with E-state index >= 15 is 0 Å². The monoisotopic (exact) mass is 144 g/mol. The van der Waals surface area contributed by atoms with E-state index in [-0.39, 0.29) is 0 Å². The van der Waals surface area contributed by atoms with Gasteiger partial charge in [0.25, 0.3) is 0 Å². The van der Waals surface area contributed by atoms with Gasteiger partial charge in [-0.3, -0.25) is 0 Å². The van der Waals surface area contributed by atoms with Gasteiger partial charge < -0.3 is 9.47 Å². The first kappa shape index (κ1) is 8.02. The number of hydrogen-bond acceptors (Lipinski definition) is 2. The van der Waals surface area contributed by atoms with Crippen LogP contribution in [0.3, 0.4) is 0 Å². The molecule has 0 bridgehead atoms. The Morgan fingerprint density at radius 1 is 1.40 bits per heavy atom. The number of methoxy groups -OCH3 is 1. The second kappa shape index (κ2) is 4.69. The van der Waals surface area contributed by atoms with Crippen LogP contribution < -0.4 is 0 Å². The average molecular weight is 144 g/mol. The lowest BCUT2D eigenvalue weighted by Gasteiger charge is -2.21. The summed E-state index contributed by atoms with van der Waals surface area (Å²) in [5.74, 6) is 0.855. The molecule has 0 amide bonds. The molecule has 0 aliphatic carbocycles. The average Bonchev–Trinajstić information content (AvgIpc) is 2.03. The molecule has 1 aliphatic rings. The van der Waals surface area contributed by atoms with Crippen LogP contribution >= 0.6 is 0 Å². The van der Waals surface area contributed by atoms with Crippen molar-refractivity contribution in [1.29, 1.82) is 0 Å². The van der Waals surface area contributed by atoms with Gasteiger partial charge in [-0.2, -0.15) is 0 Å². The molecule has 1 fully saturated rings. The summed E-state index contributed by atoms with van der Waals surface area (Å²) in [4.78, 5) is 0. The highest BCUT2D eigenvalue weighted by atomic mass is 16.5. The van der Waals surface area contributed by atoms with Crippen LogP contribution in [0.4, 0.5) is 0 Å². The lowest BCUT2D eigenvalue weighted by atomic mass is 9.97. The molecule has 60 valence electrons. The highest BCUT2D eigenvalue weighted by Crippen LogP contribution is 2.17. The van der Waals surface area contributed by atoms with E-state index in [1.807, 2.05) is 0 Å². The second-order valence-electron chi connectivity index (χ2n) is 2.84. The van der Waals surface area contributed by atoms with Crippen molar-refractivity contribution in [3.63, 3.8) is 0 Å². The smallest absolute Gasteiger partial charge is 0.0468 e. The topological polar surface area (TPSA) is 18.5 Å². The van der Waals surface area contributed by atoms with Gasteiger partial charge in [0.1, 0.15) is 0 Å². The van der Waals surface area contributed by atoms with Crippen molar-refractivity contribution in [2.75, 3.05) is 26.9 Å². The fraction of sp³-hybridized carbons (Fsp3) is 1.00. The van der Waals surface area contributed by atoms with Gasteiger partial charge in [-0.25, -0.2) is 0 Å². The first-order valence-electron chi connectivity index (χ1n) is 4.00. The fourth-order valence-corrected chi connectivity index (χ4v) is 1.32. The summed E-state index contributed by atoms with van der Waals surface area (Å²) in [5, 5.41) is 0. The Kier molecular flexibility index (Phi) is 3.76. The summed E-state index contributed by atoms with van der Waals surface area (Å²) >= 11 is 0. The van der Waals surface area contributed by atoms with Crippen molar-refractivity contribution in [2.24, 2.45) is 5.92 Å². The molecule has 0 aromatic carbocycles. The van der Waals surface area contributed by atoms with Crippen LogP contribution in [0.5, 0.6) is 0 Å². The normalized spacial score (nSPS) is 21.3. The van der Waals surface area contributed by atoms with Crippen LogP contribution in [0.15, 0.2) is 0 Å². The standard InChI is InChI=1S/C8H16O2/c1-9-5-2-8-3-6-10-7-4-8/h8H,2-7H2,1H3. The van der Waals surface area contributed by atoms with Crippen LogP contribution in [-0.2, 0) is 9.47 Å². The number of rotatable bonds is 3. The molecule has 0 saturated carbocycles. The van der Waals surface area contributed by atoms with E-state index in [4.69, 9.17) is 9.47 Å². The lowest BCUT2D eigenvalue weighted by molar-refractivity contribution is 0.0540. The lowest BCUT2D eigenvalue weighted by Crippen LogP contribution is -2.16. The second-order valence-corrected chi connectivity index (χ2v) is 2.84. The zero-order chi connectivity index (χ0) is 7.23. The zero-order valence-electron chi connectivity index (χ0n) is 6.64. The van der Waals surface area contributed by atoms with Crippen LogP contribution in [0, 0.1) is 5.92 Å². The highest BCUT2D eigenvalue weighted by Gasteiger charge is 2.12. The molecule has 1 heterocycles. The predicted octanol–water partition coefficient (Wildman–Crippen LogP) is 1.45. The maximum absolute atomic E-state index is 5.24. The van der Waals surface area contributed by atoms with E-state index < -0.39 is 0 Å². The summed E-state index contributed by atoms with van der Waals surface area (Å²) in [6.07, 6.45) is 3.66. The predicted molar refractivity (Wildman–Crippen MR) is 40.0 cm³/mol. The zero-order valence-corrected chi connectivity index (χ0v) is 6.64. The van der Waals surface area contributed by atoms with Gasteiger partial charge in [-0.1, -0.05) is 0 Å². The largest absolute Gasteiger partial charge is 0.385 e. The van der Waals surface area contributed by atoms with Crippen molar-refractivity contribution < 1.29 is 9.47 Å². The minimum atomic E-state index is 0.855. The first-order valence-corrected chi connectivity index (χ1v) is 4.00. The van der Waals surface area contributed by atoms with Gasteiger partial charge in [-0.15, -0.1) is 0 Å². The van der Waals surface area contributed by atoms with Crippen molar-refractivity contribution in [3.05, 3.63) is 0 Å². The van der Waals surface area contributed by atoms with Gasteiger partial charge in [0, 0.05) is 26.9 Å². The van der Waals surface area contributed by atoms with Gasteiger partial charge in [-0.05, 0) is 25.2 Å². The molecule has 2 nitrogen and oxygen atoms in total. The third-order valence-corrected chi connectivity index (χ3v) is 2.07. The number of ether oxygens (including phenoxy) is 2. The quantitative estimate of drug-likeness (QED) is 0.597. The SMILES string of the molecule is COCCC1CCOCC1. The minimum absolute atomic E-state index is 0.855. The molecule has 2 heteroatoms. The van der Waals surface area contributed by atoms with Gasteiger partial charge in [0.05, 0.1) is 0 Å². The van der Waals surface area contributed by atoms with Gasteiger partial charge in [0.2, 0.25) is 0 Å². The third-order valence-electron chi connectivity index (χ3n) is 2.07. The molecule has 0 aromatic heterocycles. The molecule has 10 heavy (non-hydrogen) atoms. The van der Waals surface area contributed by atoms with Crippen molar-refractivity contribution in [2.45, 2.75) is 19.3 Å². The van der Waals surface area contributed by atoms with Crippen LogP contribution in [-0.4, -0.2) is 26.9 Å². The van der Waals surface area contributed by atoms with Crippen molar-refractivity contribution >= 4 is 0 Å². The van der Waals surface area contributed by atoms with E-state index in [1.165, 1.54) is 19.3 Å². The van der Waals surface area contributed by atoms with Gasteiger partial charge in [0.15, 0.2) is 0 Å². The summed E-state index contributed by atoms with van der Waals surface area (Å²) in [7, 11) is 1.76. The fourth-order valence-electron chi connectivity index (χ4n) is 1.32. The highest BCUT2D eigenvalue weighted by molar-refractivity contribution is 4.62. The van der Waals surface area contributed by atoms with E-state index in [1.54, 1.807) is 7.11 Å². The third kappa shape index (κ3) is 2.67. The molecule has 0 radical (unpaired) electrons. The minimum Gasteiger partial charge on any atom is -0.385 e. The van der Waals surface area contributed by atoms with Gasteiger partial charge >= 0.3 is 0 Å². The molecule has 0 unspecified atom stereocenters. The Bertz CT molecular complexity index is 77.3. The Balaban J connectivity index is 2.02. The van der Waals surface area contributed by atoms with Crippen LogP contribution in [0.1, 0.15) is 19.3 Å². The molecule has 1 rings (SSSR count). The van der Waals surface area contributed by atoms with E-state index in [9.17, 15) is 0 Å². The summed E-state index contributed by atoms with van der Waals surface area (Å²) < 4.78 is 10.2. The Morgan fingerprint density at radius 3 is 2.70 bits per heavy atom. The summed E-state index contributed by atoms with van der Waals surface area (Å²) in [5.41, 5.74) is 0. The molecule has 1 saturated heterocycles. The first-order chi connectivity index (χ1) is 4.93. The molecule has 0 atom stereocenters. The molecule has 1 aliphatic heterocycles. The maximum Gasteiger partial charge on any atom is 0.0468 e. The van der Waals surface area contributed by atoms with Crippen molar-refractivity contribution in [1.82, 2.24) is 0 Å². The van der Waals surface area contributed by atoms with Crippen LogP contribution in [0.25, 0.3) is 0 Å². The van der Waals surface area contributed by atoms with Crippen molar-refractivity contribution in [3.8, 4) is 0 Å². The van der Waals surface area contributed by atoms with E-state index in [2.05, 4.69) is 0 Å². The van der Waals surface area contributed by atoms with Crippen LogP contribution in [0.2, 0.25) is 0 Å². The molecule has 0 aromatic rings. The Labute approximate surface area is 62.5 Å². The Hall–Kier alpha value is -0.0800. The summed E-state index contributed by atoms with van der Waals surface area (Å²) in [6, 6.07) is 0. The molecule has 0 N–H and O–H groups in total. The number of hydrogen-bond donors (Lipinski definition) is 0. The summed E-state index contributed by atoms with van der Waals surface area (Å²) in [6.45, 7) is 2.81.